The summed E-state index contributed by atoms with van der Waals surface area (Å²) in [5, 5.41) is 2.81. The van der Waals surface area contributed by atoms with Gasteiger partial charge in [-0.3, -0.25) is 9.10 Å². The second kappa shape index (κ2) is 9.65. The van der Waals surface area contributed by atoms with Crippen LogP contribution in [0.1, 0.15) is 18.1 Å². The number of hydrogen-bond acceptors (Lipinski definition) is 5. The van der Waals surface area contributed by atoms with E-state index in [4.69, 9.17) is 9.47 Å². The monoisotopic (exact) mass is 420 g/mol. The van der Waals surface area contributed by atoms with Gasteiger partial charge in [0.15, 0.2) is 11.5 Å². The molecule has 2 aromatic carbocycles. The molecule has 158 valence electrons. The molecule has 0 radical (unpaired) electrons. The Morgan fingerprint density at radius 3 is 2.24 bits per heavy atom. The van der Waals surface area contributed by atoms with Crippen LogP contribution in [0.5, 0.6) is 11.5 Å². The molecule has 0 saturated carbocycles. The van der Waals surface area contributed by atoms with Crippen molar-refractivity contribution in [2.75, 3.05) is 31.3 Å². The summed E-state index contributed by atoms with van der Waals surface area (Å²) in [5.74, 6) is 0.889. The number of anilines is 1. The fourth-order valence-electron chi connectivity index (χ4n) is 3.01. The smallest absolute Gasteiger partial charge is 0.243 e. The first-order valence-corrected chi connectivity index (χ1v) is 11.1. The van der Waals surface area contributed by atoms with Crippen molar-refractivity contribution < 1.29 is 22.7 Å². The van der Waals surface area contributed by atoms with Crippen LogP contribution in [-0.4, -0.2) is 47.4 Å². The van der Waals surface area contributed by atoms with Gasteiger partial charge in [0.05, 0.1) is 26.2 Å². The van der Waals surface area contributed by atoms with Gasteiger partial charge in [-0.25, -0.2) is 8.42 Å². The van der Waals surface area contributed by atoms with Gasteiger partial charge in [0, 0.05) is 6.54 Å². The summed E-state index contributed by atoms with van der Waals surface area (Å²) in [7, 11) is -0.491. The lowest BCUT2D eigenvalue weighted by Crippen LogP contribution is -2.48. The van der Waals surface area contributed by atoms with Gasteiger partial charge in [0.2, 0.25) is 15.9 Å². The Bertz CT molecular complexity index is 942. The molecule has 7 nitrogen and oxygen atoms in total. The van der Waals surface area contributed by atoms with Crippen LogP contribution in [0, 0.1) is 6.92 Å². The molecule has 2 aromatic rings. The maximum Gasteiger partial charge on any atom is 0.243 e. The van der Waals surface area contributed by atoms with E-state index in [9.17, 15) is 13.2 Å². The number of nitrogens with zero attached hydrogens (tertiary/aromatic N) is 1. The minimum absolute atomic E-state index is 0.364. The second-order valence-electron chi connectivity index (χ2n) is 6.80. The van der Waals surface area contributed by atoms with Crippen LogP contribution in [0.3, 0.4) is 0 Å². The number of rotatable bonds is 9. The molecular weight excluding hydrogens is 392 g/mol. The maximum absolute atomic E-state index is 12.6. The van der Waals surface area contributed by atoms with Crippen LogP contribution in [-0.2, 0) is 21.2 Å². The molecular formula is C21H28N2O5S. The van der Waals surface area contributed by atoms with Crippen LogP contribution in [0.2, 0.25) is 0 Å². The number of sulfonamides is 1. The van der Waals surface area contributed by atoms with E-state index in [1.807, 2.05) is 31.2 Å². The summed E-state index contributed by atoms with van der Waals surface area (Å²) in [6.45, 7) is 3.86. The van der Waals surface area contributed by atoms with Crippen molar-refractivity contribution >= 4 is 21.6 Å². The highest BCUT2D eigenvalue weighted by atomic mass is 32.2. The van der Waals surface area contributed by atoms with Crippen molar-refractivity contribution in [1.29, 1.82) is 0 Å². The van der Waals surface area contributed by atoms with Crippen molar-refractivity contribution in [2.45, 2.75) is 26.3 Å². The van der Waals surface area contributed by atoms with E-state index in [1.165, 1.54) is 0 Å². The number of amides is 1. The number of ether oxygens (including phenoxy) is 2. The predicted molar refractivity (Wildman–Crippen MR) is 114 cm³/mol. The van der Waals surface area contributed by atoms with Gasteiger partial charge in [-0.05, 0) is 50.1 Å². The van der Waals surface area contributed by atoms with Crippen molar-refractivity contribution in [3.05, 3.63) is 53.6 Å². The van der Waals surface area contributed by atoms with Crippen molar-refractivity contribution in [2.24, 2.45) is 0 Å². The number of carbonyl (C=O) groups excluding carboxylic acids is 1. The quantitative estimate of drug-likeness (QED) is 0.674. The zero-order chi connectivity index (χ0) is 21.6. The van der Waals surface area contributed by atoms with Gasteiger partial charge in [-0.2, -0.15) is 0 Å². The van der Waals surface area contributed by atoms with Gasteiger partial charge in [0.1, 0.15) is 6.04 Å². The normalized spacial score (nSPS) is 12.2. The average molecular weight is 421 g/mol. The van der Waals surface area contributed by atoms with Gasteiger partial charge in [0.25, 0.3) is 0 Å². The van der Waals surface area contributed by atoms with Crippen molar-refractivity contribution in [3.8, 4) is 11.5 Å². The Morgan fingerprint density at radius 2 is 1.69 bits per heavy atom. The Hall–Kier alpha value is -2.74. The average Bonchev–Trinajstić information content (AvgIpc) is 2.68. The van der Waals surface area contributed by atoms with Gasteiger partial charge in [-0.15, -0.1) is 0 Å². The van der Waals surface area contributed by atoms with Crippen LogP contribution < -0.4 is 19.1 Å². The maximum atomic E-state index is 12.6. The van der Waals surface area contributed by atoms with Crippen LogP contribution in [0.25, 0.3) is 0 Å². The molecule has 8 heteroatoms. The minimum atomic E-state index is -3.63. The molecule has 0 aliphatic rings. The molecule has 2 rings (SSSR count). The van der Waals surface area contributed by atoms with Crippen molar-refractivity contribution in [1.82, 2.24) is 5.32 Å². The second-order valence-corrected chi connectivity index (χ2v) is 8.66. The predicted octanol–water partition coefficient (Wildman–Crippen LogP) is 2.53. The summed E-state index contributed by atoms with van der Waals surface area (Å²) in [5.41, 5.74) is 2.43. The molecule has 0 aromatic heterocycles. The summed E-state index contributed by atoms with van der Waals surface area (Å²) in [6, 6.07) is 11.7. The van der Waals surface area contributed by atoms with Crippen LogP contribution in [0.4, 0.5) is 5.69 Å². The van der Waals surface area contributed by atoms with E-state index >= 15 is 0 Å². The third kappa shape index (κ3) is 5.87. The number of benzene rings is 2. The summed E-state index contributed by atoms with van der Waals surface area (Å²) in [4.78, 5) is 12.6. The highest BCUT2D eigenvalue weighted by molar-refractivity contribution is 7.92. The first-order valence-electron chi connectivity index (χ1n) is 9.22. The number of aryl methyl sites for hydroxylation is 1. The Morgan fingerprint density at radius 1 is 1.07 bits per heavy atom. The lowest BCUT2D eigenvalue weighted by Gasteiger charge is -2.28. The molecule has 1 amide bonds. The SMILES string of the molecule is COc1ccc(CCNC(=O)[C@H](C)N(c2ccc(C)cc2)S(C)(=O)=O)cc1OC. The third-order valence-corrected chi connectivity index (χ3v) is 5.78. The highest BCUT2D eigenvalue weighted by Gasteiger charge is 2.28. The van der Waals surface area contributed by atoms with E-state index < -0.39 is 16.1 Å². The number of carbonyl (C=O) groups is 1. The minimum Gasteiger partial charge on any atom is -0.493 e. The van der Waals surface area contributed by atoms with E-state index in [0.29, 0.717) is 30.2 Å². The topological polar surface area (TPSA) is 84.9 Å². The molecule has 0 aliphatic heterocycles. The zero-order valence-corrected chi connectivity index (χ0v) is 18.2. The summed E-state index contributed by atoms with van der Waals surface area (Å²) in [6.07, 6.45) is 1.67. The first-order chi connectivity index (χ1) is 13.7. The molecule has 0 unspecified atom stereocenters. The largest absolute Gasteiger partial charge is 0.493 e. The fraction of sp³-hybridized carbons (Fsp3) is 0.381. The Labute approximate surface area is 172 Å². The lowest BCUT2D eigenvalue weighted by atomic mass is 10.1. The number of methoxy groups -OCH3 is 2. The molecule has 0 spiro atoms. The summed E-state index contributed by atoms with van der Waals surface area (Å²) < 4.78 is 36.3. The number of hydrogen-bond donors (Lipinski definition) is 1. The van der Waals surface area contributed by atoms with E-state index in [1.54, 1.807) is 39.3 Å². The van der Waals surface area contributed by atoms with Crippen LogP contribution in [0.15, 0.2) is 42.5 Å². The standard InChI is InChI=1S/C21H28N2O5S/c1-15-6-9-18(10-7-15)23(29(5,25)26)16(2)21(24)22-13-12-17-8-11-19(27-3)20(14-17)28-4/h6-11,14,16H,12-13H2,1-5H3,(H,22,24)/t16-/m0/s1. The van der Waals surface area contributed by atoms with Gasteiger partial charge >= 0.3 is 0 Å². The Kier molecular flexibility index (Phi) is 7.50. The molecule has 1 N–H and O–H groups in total. The molecule has 1 atom stereocenters. The highest BCUT2D eigenvalue weighted by Crippen LogP contribution is 2.27. The van der Waals surface area contributed by atoms with E-state index in [-0.39, 0.29) is 5.91 Å². The van der Waals surface area contributed by atoms with Crippen LogP contribution >= 0.6 is 0 Å². The Balaban J connectivity index is 2.05. The van der Waals surface area contributed by atoms with E-state index in [2.05, 4.69) is 5.32 Å². The molecule has 0 fully saturated rings. The molecule has 29 heavy (non-hydrogen) atoms. The third-order valence-electron chi connectivity index (χ3n) is 4.54. The lowest BCUT2D eigenvalue weighted by molar-refractivity contribution is -0.121. The number of nitrogens with one attached hydrogen (secondary N) is 1. The first kappa shape index (κ1) is 22.5. The molecule has 0 heterocycles. The molecule has 0 saturated heterocycles. The molecule has 0 aliphatic carbocycles. The molecule has 0 bridgehead atoms. The van der Waals surface area contributed by atoms with Gasteiger partial charge < -0.3 is 14.8 Å². The summed E-state index contributed by atoms with van der Waals surface area (Å²) >= 11 is 0. The van der Waals surface area contributed by atoms with Gasteiger partial charge in [-0.1, -0.05) is 23.8 Å². The van der Waals surface area contributed by atoms with Crippen molar-refractivity contribution in [3.63, 3.8) is 0 Å². The van der Waals surface area contributed by atoms with E-state index in [0.717, 1.165) is 21.7 Å². The fourth-order valence-corrected chi connectivity index (χ4v) is 4.19. The zero-order valence-electron chi connectivity index (χ0n) is 17.4.